The SMILES string of the molecule is CC[C@H](N)C(=O)N1CCCC(O)C1. The first-order valence-electron chi connectivity index (χ1n) is 4.87. The van der Waals surface area contributed by atoms with Crippen molar-refractivity contribution in [2.24, 2.45) is 5.73 Å². The van der Waals surface area contributed by atoms with Crippen molar-refractivity contribution >= 4 is 5.91 Å². The maximum Gasteiger partial charge on any atom is 0.239 e. The van der Waals surface area contributed by atoms with Crippen molar-refractivity contribution < 1.29 is 9.90 Å². The lowest BCUT2D eigenvalue weighted by Gasteiger charge is -2.31. The van der Waals surface area contributed by atoms with E-state index in [4.69, 9.17) is 5.73 Å². The van der Waals surface area contributed by atoms with Crippen LogP contribution in [0.25, 0.3) is 0 Å². The predicted molar refractivity (Wildman–Crippen MR) is 50.1 cm³/mol. The zero-order valence-electron chi connectivity index (χ0n) is 8.07. The highest BCUT2D eigenvalue weighted by Crippen LogP contribution is 2.11. The van der Waals surface area contributed by atoms with Crippen molar-refractivity contribution in [1.82, 2.24) is 4.90 Å². The maximum atomic E-state index is 11.6. The number of piperidine rings is 1. The second kappa shape index (κ2) is 4.58. The van der Waals surface area contributed by atoms with Gasteiger partial charge in [0.25, 0.3) is 0 Å². The molecule has 0 saturated carbocycles. The summed E-state index contributed by atoms with van der Waals surface area (Å²) in [5, 5.41) is 9.35. The van der Waals surface area contributed by atoms with E-state index in [1.807, 2.05) is 6.92 Å². The van der Waals surface area contributed by atoms with Crippen LogP contribution in [-0.4, -0.2) is 41.1 Å². The fourth-order valence-electron chi connectivity index (χ4n) is 1.56. The Morgan fingerprint density at radius 3 is 3.00 bits per heavy atom. The van der Waals surface area contributed by atoms with E-state index >= 15 is 0 Å². The first kappa shape index (κ1) is 10.5. The normalized spacial score (nSPS) is 25.8. The highest BCUT2D eigenvalue weighted by atomic mass is 16.3. The van der Waals surface area contributed by atoms with E-state index in [1.54, 1.807) is 4.90 Å². The molecule has 0 bridgehead atoms. The molecule has 13 heavy (non-hydrogen) atoms. The highest BCUT2D eigenvalue weighted by Gasteiger charge is 2.24. The average Bonchev–Trinajstić information content (AvgIpc) is 2.15. The summed E-state index contributed by atoms with van der Waals surface area (Å²) in [6, 6.07) is -0.398. The number of aliphatic hydroxyl groups is 1. The van der Waals surface area contributed by atoms with Crippen LogP contribution in [0.1, 0.15) is 26.2 Å². The molecular weight excluding hydrogens is 168 g/mol. The molecule has 3 N–H and O–H groups in total. The van der Waals surface area contributed by atoms with Crippen LogP contribution < -0.4 is 5.73 Å². The van der Waals surface area contributed by atoms with Crippen LogP contribution in [0.3, 0.4) is 0 Å². The number of amides is 1. The minimum Gasteiger partial charge on any atom is -0.391 e. The topological polar surface area (TPSA) is 66.6 Å². The minimum atomic E-state index is -0.398. The zero-order chi connectivity index (χ0) is 9.84. The molecule has 1 rings (SSSR count). The summed E-state index contributed by atoms with van der Waals surface area (Å²) in [6.07, 6.45) is 1.97. The van der Waals surface area contributed by atoms with Gasteiger partial charge in [-0.1, -0.05) is 6.92 Å². The van der Waals surface area contributed by atoms with E-state index in [0.29, 0.717) is 13.0 Å². The molecule has 1 fully saturated rings. The number of carbonyl (C=O) groups is 1. The van der Waals surface area contributed by atoms with Gasteiger partial charge < -0.3 is 15.7 Å². The van der Waals surface area contributed by atoms with Gasteiger partial charge in [-0.05, 0) is 19.3 Å². The molecule has 1 heterocycles. The summed E-state index contributed by atoms with van der Waals surface area (Å²) in [4.78, 5) is 13.2. The van der Waals surface area contributed by atoms with E-state index in [9.17, 15) is 9.90 Å². The van der Waals surface area contributed by atoms with E-state index in [0.717, 1.165) is 19.4 Å². The van der Waals surface area contributed by atoms with Crippen molar-refractivity contribution in [3.63, 3.8) is 0 Å². The molecule has 0 aliphatic carbocycles. The largest absolute Gasteiger partial charge is 0.391 e. The van der Waals surface area contributed by atoms with Gasteiger partial charge >= 0.3 is 0 Å². The number of likely N-dealkylation sites (tertiary alicyclic amines) is 1. The van der Waals surface area contributed by atoms with Crippen molar-refractivity contribution in [2.75, 3.05) is 13.1 Å². The lowest BCUT2D eigenvalue weighted by Crippen LogP contribution is -2.49. The number of carbonyl (C=O) groups excluding carboxylic acids is 1. The van der Waals surface area contributed by atoms with Crippen LogP contribution in [-0.2, 0) is 4.79 Å². The zero-order valence-corrected chi connectivity index (χ0v) is 8.07. The van der Waals surface area contributed by atoms with Crippen LogP contribution in [0.5, 0.6) is 0 Å². The average molecular weight is 186 g/mol. The summed E-state index contributed by atoms with van der Waals surface area (Å²) in [6.45, 7) is 3.08. The van der Waals surface area contributed by atoms with Gasteiger partial charge in [0, 0.05) is 13.1 Å². The number of hydrogen-bond donors (Lipinski definition) is 2. The van der Waals surface area contributed by atoms with Crippen LogP contribution in [0.15, 0.2) is 0 Å². The second-order valence-corrected chi connectivity index (χ2v) is 3.60. The third-order valence-corrected chi connectivity index (χ3v) is 2.47. The van der Waals surface area contributed by atoms with Crippen molar-refractivity contribution in [2.45, 2.75) is 38.3 Å². The molecule has 76 valence electrons. The van der Waals surface area contributed by atoms with Crippen LogP contribution in [0, 0.1) is 0 Å². The second-order valence-electron chi connectivity index (χ2n) is 3.60. The van der Waals surface area contributed by atoms with Gasteiger partial charge in [0.2, 0.25) is 5.91 Å². The quantitative estimate of drug-likeness (QED) is 0.622. The van der Waals surface area contributed by atoms with E-state index in [-0.39, 0.29) is 12.0 Å². The molecule has 4 nitrogen and oxygen atoms in total. The number of β-amino-alcohol motifs (C(OH)–C–C–N with tert-alkyl or cyclic N) is 1. The summed E-state index contributed by atoms with van der Waals surface area (Å²) >= 11 is 0. The first-order valence-corrected chi connectivity index (χ1v) is 4.87. The Morgan fingerprint density at radius 2 is 2.46 bits per heavy atom. The van der Waals surface area contributed by atoms with Crippen LogP contribution in [0.2, 0.25) is 0 Å². The summed E-state index contributed by atoms with van der Waals surface area (Å²) in [7, 11) is 0. The van der Waals surface area contributed by atoms with E-state index in [2.05, 4.69) is 0 Å². The molecule has 1 aliphatic heterocycles. The third kappa shape index (κ3) is 2.67. The summed E-state index contributed by atoms with van der Waals surface area (Å²) in [5.41, 5.74) is 5.62. The Labute approximate surface area is 78.7 Å². The van der Waals surface area contributed by atoms with E-state index in [1.165, 1.54) is 0 Å². The van der Waals surface area contributed by atoms with Crippen molar-refractivity contribution in [1.29, 1.82) is 0 Å². The minimum absolute atomic E-state index is 0.0266. The monoisotopic (exact) mass is 186 g/mol. The van der Waals surface area contributed by atoms with Gasteiger partial charge in [-0.2, -0.15) is 0 Å². The Balaban J connectivity index is 2.46. The Bertz CT molecular complexity index is 184. The molecule has 0 aromatic carbocycles. The number of nitrogens with two attached hydrogens (primary N) is 1. The predicted octanol–water partition coefficient (Wildman–Crippen LogP) is -0.293. The van der Waals surface area contributed by atoms with Crippen molar-refractivity contribution in [3.8, 4) is 0 Å². The molecule has 0 radical (unpaired) electrons. The molecule has 1 amide bonds. The Hall–Kier alpha value is -0.610. The Kier molecular flexibility index (Phi) is 3.69. The number of rotatable bonds is 2. The van der Waals surface area contributed by atoms with Gasteiger partial charge in [-0.3, -0.25) is 4.79 Å². The molecule has 4 heteroatoms. The van der Waals surface area contributed by atoms with Gasteiger partial charge in [0.05, 0.1) is 12.1 Å². The molecule has 1 unspecified atom stereocenters. The molecule has 0 spiro atoms. The molecule has 1 saturated heterocycles. The van der Waals surface area contributed by atoms with Gasteiger partial charge in [-0.15, -0.1) is 0 Å². The summed E-state index contributed by atoms with van der Waals surface area (Å²) < 4.78 is 0. The first-order chi connectivity index (χ1) is 6.15. The molecule has 0 aromatic rings. The van der Waals surface area contributed by atoms with Gasteiger partial charge in [0.1, 0.15) is 0 Å². The lowest BCUT2D eigenvalue weighted by atomic mass is 10.1. The number of aliphatic hydroxyl groups excluding tert-OH is 1. The third-order valence-electron chi connectivity index (χ3n) is 2.47. The van der Waals surface area contributed by atoms with Crippen LogP contribution >= 0.6 is 0 Å². The molecule has 1 aliphatic rings. The van der Waals surface area contributed by atoms with Gasteiger partial charge in [0.15, 0.2) is 0 Å². The Morgan fingerprint density at radius 1 is 1.77 bits per heavy atom. The standard InChI is InChI=1S/C9H18N2O2/c1-2-8(10)9(13)11-5-3-4-7(12)6-11/h7-8,12H,2-6,10H2,1H3/t7?,8-/m0/s1. The number of nitrogens with zero attached hydrogens (tertiary/aromatic N) is 1. The number of hydrogen-bond acceptors (Lipinski definition) is 3. The van der Waals surface area contributed by atoms with Crippen LogP contribution in [0.4, 0.5) is 0 Å². The smallest absolute Gasteiger partial charge is 0.239 e. The lowest BCUT2D eigenvalue weighted by molar-refractivity contribution is -0.135. The van der Waals surface area contributed by atoms with Crippen molar-refractivity contribution in [3.05, 3.63) is 0 Å². The molecular formula is C9H18N2O2. The maximum absolute atomic E-state index is 11.6. The fraction of sp³-hybridized carbons (Fsp3) is 0.889. The van der Waals surface area contributed by atoms with E-state index < -0.39 is 6.04 Å². The molecule has 0 aromatic heterocycles. The molecule has 2 atom stereocenters. The van der Waals surface area contributed by atoms with Gasteiger partial charge in [-0.25, -0.2) is 0 Å². The highest BCUT2D eigenvalue weighted by molar-refractivity contribution is 5.81. The fourth-order valence-corrected chi connectivity index (χ4v) is 1.56. The summed E-state index contributed by atoms with van der Waals surface area (Å²) in [5.74, 6) is -0.0266.